The number of fused-ring (bicyclic) bond motifs is 1. The molecular weight excluding hydrogens is 316 g/mol. The van der Waals surface area contributed by atoms with Crippen LogP contribution in [0.3, 0.4) is 0 Å². The van der Waals surface area contributed by atoms with Gasteiger partial charge in [0.15, 0.2) is 0 Å². The number of halogens is 1. The van der Waals surface area contributed by atoms with Gasteiger partial charge in [0.1, 0.15) is 5.82 Å². The zero-order valence-electron chi connectivity index (χ0n) is 11.8. The summed E-state index contributed by atoms with van der Waals surface area (Å²) in [5.74, 6) is 1.14. The second-order valence-electron chi connectivity index (χ2n) is 5.17. The van der Waals surface area contributed by atoms with Crippen LogP contribution in [0.2, 0.25) is 0 Å². The summed E-state index contributed by atoms with van der Waals surface area (Å²) >= 11 is 3.57. The van der Waals surface area contributed by atoms with Gasteiger partial charge in [-0.15, -0.1) is 0 Å². The van der Waals surface area contributed by atoms with E-state index in [1.54, 1.807) is 0 Å². The van der Waals surface area contributed by atoms with Gasteiger partial charge in [0.05, 0.1) is 6.54 Å². The van der Waals surface area contributed by atoms with Gasteiger partial charge in [0.25, 0.3) is 0 Å². The van der Waals surface area contributed by atoms with Gasteiger partial charge in [0.2, 0.25) is 0 Å². The molecule has 1 unspecified atom stereocenters. The first-order valence-corrected chi connectivity index (χ1v) is 7.70. The van der Waals surface area contributed by atoms with E-state index in [1.165, 1.54) is 11.3 Å². The fourth-order valence-electron chi connectivity index (χ4n) is 2.69. The molecule has 20 heavy (non-hydrogen) atoms. The molecule has 0 saturated carbocycles. The van der Waals surface area contributed by atoms with Crippen molar-refractivity contribution < 1.29 is 0 Å². The lowest BCUT2D eigenvalue weighted by atomic mass is 10.0. The molecule has 1 aliphatic rings. The standard InChI is InChI=1S/C15H19BrN4/c1-11(17-2)13-9-12(16)3-4-14(13)20-8-7-19-6-5-18-15(19)10-20/h3-6,9,11,17H,7-8,10H2,1-2H3. The minimum atomic E-state index is 0.323. The van der Waals surface area contributed by atoms with E-state index in [0.717, 1.165) is 29.9 Å². The lowest BCUT2D eigenvalue weighted by Crippen LogP contribution is -2.34. The number of rotatable bonds is 3. The van der Waals surface area contributed by atoms with E-state index in [4.69, 9.17) is 0 Å². The lowest BCUT2D eigenvalue weighted by Gasteiger charge is -2.32. The first-order valence-electron chi connectivity index (χ1n) is 6.90. The third-order valence-electron chi connectivity index (χ3n) is 3.97. The summed E-state index contributed by atoms with van der Waals surface area (Å²) in [5, 5.41) is 3.33. The maximum Gasteiger partial charge on any atom is 0.128 e. The predicted octanol–water partition coefficient (Wildman–Crippen LogP) is 2.95. The van der Waals surface area contributed by atoms with Gasteiger partial charge in [-0.05, 0) is 37.7 Å². The van der Waals surface area contributed by atoms with Crippen molar-refractivity contribution in [2.75, 3.05) is 18.5 Å². The van der Waals surface area contributed by atoms with Gasteiger partial charge in [-0.1, -0.05) is 15.9 Å². The van der Waals surface area contributed by atoms with Crippen LogP contribution in [0.4, 0.5) is 5.69 Å². The highest BCUT2D eigenvalue weighted by atomic mass is 79.9. The number of imidazole rings is 1. The highest BCUT2D eigenvalue weighted by Gasteiger charge is 2.20. The Balaban J connectivity index is 1.95. The second kappa shape index (κ2) is 5.58. The summed E-state index contributed by atoms with van der Waals surface area (Å²) in [7, 11) is 2.00. The van der Waals surface area contributed by atoms with Gasteiger partial charge in [-0.2, -0.15) is 0 Å². The Morgan fingerprint density at radius 3 is 3.00 bits per heavy atom. The molecule has 0 radical (unpaired) electrons. The van der Waals surface area contributed by atoms with E-state index in [1.807, 2.05) is 13.2 Å². The molecule has 2 aromatic rings. The molecule has 106 valence electrons. The molecule has 1 aromatic heterocycles. The third kappa shape index (κ3) is 2.47. The Morgan fingerprint density at radius 2 is 2.20 bits per heavy atom. The molecule has 0 saturated heterocycles. The number of hydrogen-bond acceptors (Lipinski definition) is 3. The van der Waals surface area contributed by atoms with E-state index in [0.29, 0.717) is 6.04 Å². The summed E-state index contributed by atoms with van der Waals surface area (Å²) < 4.78 is 3.35. The van der Waals surface area contributed by atoms with E-state index < -0.39 is 0 Å². The molecular formula is C15H19BrN4. The van der Waals surface area contributed by atoms with Crippen LogP contribution in [-0.4, -0.2) is 23.1 Å². The molecule has 0 bridgehead atoms. The summed E-state index contributed by atoms with van der Waals surface area (Å²) in [5.41, 5.74) is 2.62. The number of nitrogens with zero attached hydrogens (tertiary/aromatic N) is 3. The Labute approximate surface area is 127 Å². The molecule has 5 heteroatoms. The highest BCUT2D eigenvalue weighted by molar-refractivity contribution is 9.10. The van der Waals surface area contributed by atoms with Gasteiger partial charge < -0.3 is 14.8 Å². The minimum Gasteiger partial charge on any atom is -0.362 e. The minimum absolute atomic E-state index is 0.323. The molecule has 3 rings (SSSR count). The fourth-order valence-corrected chi connectivity index (χ4v) is 3.07. The average molecular weight is 335 g/mol. The van der Waals surface area contributed by atoms with Crippen molar-refractivity contribution in [3.05, 3.63) is 46.5 Å². The molecule has 1 N–H and O–H groups in total. The molecule has 2 heterocycles. The van der Waals surface area contributed by atoms with Crippen LogP contribution in [0.1, 0.15) is 24.4 Å². The fraction of sp³-hybridized carbons (Fsp3) is 0.400. The smallest absolute Gasteiger partial charge is 0.128 e. The summed E-state index contributed by atoms with van der Waals surface area (Å²) in [6, 6.07) is 6.84. The van der Waals surface area contributed by atoms with Crippen molar-refractivity contribution in [1.29, 1.82) is 0 Å². The van der Waals surface area contributed by atoms with Gasteiger partial charge in [-0.25, -0.2) is 4.98 Å². The van der Waals surface area contributed by atoms with Crippen molar-refractivity contribution in [3.8, 4) is 0 Å². The quantitative estimate of drug-likeness (QED) is 0.936. The number of aromatic nitrogens is 2. The number of nitrogens with one attached hydrogen (secondary N) is 1. The molecule has 1 aliphatic heterocycles. The van der Waals surface area contributed by atoms with Gasteiger partial charge in [0, 0.05) is 41.7 Å². The maximum atomic E-state index is 4.44. The zero-order valence-corrected chi connectivity index (χ0v) is 13.4. The largest absolute Gasteiger partial charge is 0.362 e. The zero-order chi connectivity index (χ0) is 14.1. The highest BCUT2D eigenvalue weighted by Crippen LogP contribution is 2.31. The van der Waals surface area contributed by atoms with Crippen LogP contribution in [0, 0.1) is 0 Å². The van der Waals surface area contributed by atoms with Crippen molar-refractivity contribution in [3.63, 3.8) is 0 Å². The van der Waals surface area contributed by atoms with E-state index in [-0.39, 0.29) is 0 Å². The van der Waals surface area contributed by atoms with Crippen molar-refractivity contribution in [2.24, 2.45) is 0 Å². The van der Waals surface area contributed by atoms with Gasteiger partial charge >= 0.3 is 0 Å². The van der Waals surface area contributed by atoms with Crippen molar-refractivity contribution in [2.45, 2.75) is 26.1 Å². The van der Waals surface area contributed by atoms with Gasteiger partial charge in [-0.3, -0.25) is 0 Å². The van der Waals surface area contributed by atoms with Crippen LogP contribution in [0.25, 0.3) is 0 Å². The number of anilines is 1. The first kappa shape index (κ1) is 13.6. The van der Waals surface area contributed by atoms with Crippen LogP contribution in [0.5, 0.6) is 0 Å². The molecule has 1 atom stereocenters. The lowest BCUT2D eigenvalue weighted by molar-refractivity contribution is 0.554. The Morgan fingerprint density at radius 1 is 1.35 bits per heavy atom. The SMILES string of the molecule is CNC(C)c1cc(Br)ccc1N1CCn2ccnc2C1. The molecule has 1 aromatic carbocycles. The summed E-state index contributed by atoms with van der Waals surface area (Å²) in [6.07, 6.45) is 3.95. The summed E-state index contributed by atoms with van der Waals surface area (Å²) in [6.45, 7) is 5.08. The van der Waals surface area contributed by atoms with E-state index in [2.05, 4.69) is 67.0 Å². The average Bonchev–Trinajstić information content (AvgIpc) is 2.93. The monoisotopic (exact) mass is 334 g/mol. The molecule has 0 spiro atoms. The topological polar surface area (TPSA) is 33.1 Å². The summed E-state index contributed by atoms with van der Waals surface area (Å²) in [4.78, 5) is 6.86. The van der Waals surface area contributed by atoms with Crippen LogP contribution in [-0.2, 0) is 13.1 Å². The van der Waals surface area contributed by atoms with Crippen LogP contribution in [0.15, 0.2) is 35.1 Å². The van der Waals surface area contributed by atoms with Crippen molar-refractivity contribution in [1.82, 2.24) is 14.9 Å². The molecule has 0 amide bonds. The maximum absolute atomic E-state index is 4.44. The van der Waals surface area contributed by atoms with E-state index >= 15 is 0 Å². The van der Waals surface area contributed by atoms with E-state index in [9.17, 15) is 0 Å². The Hall–Kier alpha value is -1.33. The Bertz CT molecular complexity index is 608. The van der Waals surface area contributed by atoms with Crippen LogP contribution < -0.4 is 10.2 Å². The second-order valence-corrected chi connectivity index (χ2v) is 6.09. The first-order chi connectivity index (χ1) is 9.69. The molecule has 0 aliphatic carbocycles. The van der Waals surface area contributed by atoms with Crippen LogP contribution >= 0.6 is 15.9 Å². The number of hydrogen-bond donors (Lipinski definition) is 1. The molecule has 4 nitrogen and oxygen atoms in total. The number of benzene rings is 1. The normalized spacial score (nSPS) is 16.1. The molecule has 0 fully saturated rings. The van der Waals surface area contributed by atoms with Crippen molar-refractivity contribution >= 4 is 21.6 Å². The third-order valence-corrected chi connectivity index (χ3v) is 4.47. The Kier molecular flexibility index (Phi) is 3.81. The predicted molar refractivity (Wildman–Crippen MR) is 84.9 cm³/mol.